The monoisotopic (exact) mass is 190 g/mol. The van der Waals surface area contributed by atoms with E-state index in [1.807, 2.05) is 13.1 Å². The zero-order valence-corrected chi connectivity index (χ0v) is 8.63. The molecule has 0 aromatic carbocycles. The number of hydrogen-bond donors (Lipinski definition) is 2. The van der Waals surface area contributed by atoms with Crippen LogP contribution < -0.4 is 5.32 Å². The van der Waals surface area contributed by atoms with E-state index in [1.54, 1.807) is 6.20 Å². The first-order valence-electron chi connectivity index (χ1n) is 4.71. The van der Waals surface area contributed by atoms with E-state index >= 15 is 0 Å². The minimum Gasteiger partial charge on any atom is -0.339 e. The molecule has 0 aliphatic heterocycles. The maximum absolute atomic E-state index is 4.42. The highest BCUT2D eigenvalue weighted by molar-refractivity contribution is 5.74. The lowest BCUT2D eigenvalue weighted by molar-refractivity contribution is 0.619. The molecule has 2 heterocycles. The average molecular weight is 190 g/mol. The van der Waals surface area contributed by atoms with Crippen LogP contribution in [0.2, 0.25) is 0 Å². The van der Waals surface area contributed by atoms with E-state index in [0.29, 0.717) is 0 Å². The maximum atomic E-state index is 4.42. The van der Waals surface area contributed by atoms with Gasteiger partial charge in [-0.3, -0.25) is 0 Å². The summed E-state index contributed by atoms with van der Waals surface area (Å²) in [7, 11) is 1.91. The number of aromatic nitrogens is 3. The molecule has 2 N–H and O–H groups in total. The van der Waals surface area contributed by atoms with Gasteiger partial charge in [0.15, 0.2) is 5.65 Å². The number of aromatic amines is 1. The van der Waals surface area contributed by atoms with E-state index in [9.17, 15) is 0 Å². The fourth-order valence-corrected chi connectivity index (χ4v) is 1.40. The predicted molar refractivity (Wildman–Crippen MR) is 56.1 cm³/mol. The first-order chi connectivity index (χ1) is 6.72. The van der Waals surface area contributed by atoms with Crippen molar-refractivity contribution in [3.8, 4) is 0 Å². The van der Waals surface area contributed by atoms with Gasteiger partial charge in [-0.1, -0.05) is 0 Å². The highest BCUT2D eigenvalue weighted by Gasteiger charge is 2.09. The molecule has 0 amide bonds. The van der Waals surface area contributed by atoms with Gasteiger partial charge in [-0.2, -0.15) is 0 Å². The van der Waals surface area contributed by atoms with E-state index < -0.39 is 0 Å². The van der Waals surface area contributed by atoms with Crippen molar-refractivity contribution in [2.45, 2.75) is 19.9 Å². The van der Waals surface area contributed by atoms with Crippen LogP contribution in [-0.4, -0.2) is 22.0 Å². The third kappa shape index (κ3) is 1.37. The number of H-pyrrole nitrogens is 1. The van der Waals surface area contributed by atoms with Gasteiger partial charge in [0, 0.05) is 6.20 Å². The van der Waals surface area contributed by atoms with Crippen LogP contribution in [0.25, 0.3) is 11.2 Å². The summed E-state index contributed by atoms with van der Waals surface area (Å²) in [4.78, 5) is 11.9. The Morgan fingerprint density at radius 1 is 1.50 bits per heavy atom. The van der Waals surface area contributed by atoms with Crippen molar-refractivity contribution in [1.82, 2.24) is 20.3 Å². The summed E-state index contributed by atoms with van der Waals surface area (Å²) in [5.41, 5.74) is 3.00. The Hall–Kier alpha value is -1.42. The first-order valence-corrected chi connectivity index (χ1v) is 4.71. The number of pyridine rings is 1. The molecule has 1 atom stereocenters. The number of aryl methyl sites for hydroxylation is 1. The Morgan fingerprint density at radius 2 is 2.29 bits per heavy atom. The third-order valence-corrected chi connectivity index (χ3v) is 2.46. The molecular formula is C10H14N4. The van der Waals surface area contributed by atoms with Crippen molar-refractivity contribution in [2.75, 3.05) is 7.05 Å². The van der Waals surface area contributed by atoms with Gasteiger partial charge in [0.1, 0.15) is 5.82 Å². The lowest BCUT2D eigenvalue weighted by Gasteiger charge is -2.04. The van der Waals surface area contributed by atoms with Gasteiger partial charge in [0.05, 0.1) is 11.6 Å². The molecular weight excluding hydrogens is 176 g/mol. The molecule has 0 spiro atoms. The quantitative estimate of drug-likeness (QED) is 0.755. The van der Waals surface area contributed by atoms with Crippen LogP contribution in [0.1, 0.15) is 24.4 Å². The van der Waals surface area contributed by atoms with Crippen LogP contribution in [0.4, 0.5) is 0 Å². The van der Waals surface area contributed by atoms with E-state index in [0.717, 1.165) is 17.0 Å². The van der Waals surface area contributed by atoms with Crippen molar-refractivity contribution in [3.05, 3.63) is 23.7 Å². The number of nitrogens with one attached hydrogen (secondary N) is 2. The largest absolute Gasteiger partial charge is 0.339 e. The van der Waals surface area contributed by atoms with Gasteiger partial charge >= 0.3 is 0 Å². The third-order valence-electron chi connectivity index (χ3n) is 2.46. The maximum Gasteiger partial charge on any atom is 0.178 e. The molecule has 74 valence electrons. The summed E-state index contributed by atoms with van der Waals surface area (Å²) in [6.45, 7) is 4.11. The lowest BCUT2D eigenvalue weighted by Crippen LogP contribution is -2.13. The van der Waals surface area contributed by atoms with Gasteiger partial charge < -0.3 is 10.3 Å². The molecule has 14 heavy (non-hydrogen) atoms. The number of rotatable bonds is 2. The van der Waals surface area contributed by atoms with E-state index in [4.69, 9.17) is 0 Å². The summed E-state index contributed by atoms with van der Waals surface area (Å²) >= 11 is 0. The van der Waals surface area contributed by atoms with Gasteiger partial charge in [-0.25, -0.2) is 9.97 Å². The normalized spacial score (nSPS) is 13.4. The van der Waals surface area contributed by atoms with E-state index in [-0.39, 0.29) is 6.04 Å². The van der Waals surface area contributed by atoms with Crippen molar-refractivity contribution in [2.24, 2.45) is 0 Å². The fourth-order valence-electron chi connectivity index (χ4n) is 1.40. The summed E-state index contributed by atoms with van der Waals surface area (Å²) in [5, 5.41) is 3.14. The van der Waals surface area contributed by atoms with E-state index in [2.05, 4.69) is 34.1 Å². The first kappa shape index (κ1) is 9.15. The van der Waals surface area contributed by atoms with Crippen molar-refractivity contribution < 1.29 is 0 Å². The number of imidazole rings is 1. The molecule has 4 nitrogen and oxygen atoms in total. The topological polar surface area (TPSA) is 53.6 Å². The van der Waals surface area contributed by atoms with Crippen molar-refractivity contribution >= 4 is 11.2 Å². The summed E-state index contributed by atoms with van der Waals surface area (Å²) in [6, 6.07) is 2.21. The fraction of sp³-hybridized carbons (Fsp3) is 0.400. The van der Waals surface area contributed by atoms with Gasteiger partial charge in [-0.15, -0.1) is 0 Å². The second-order valence-corrected chi connectivity index (χ2v) is 3.46. The average Bonchev–Trinajstić information content (AvgIpc) is 2.62. The molecule has 2 aromatic rings. The van der Waals surface area contributed by atoms with Crippen LogP contribution >= 0.6 is 0 Å². The molecule has 0 aliphatic carbocycles. The zero-order chi connectivity index (χ0) is 10.1. The van der Waals surface area contributed by atoms with Gasteiger partial charge in [0.2, 0.25) is 0 Å². The van der Waals surface area contributed by atoms with Crippen LogP contribution in [0.15, 0.2) is 12.3 Å². The van der Waals surface area contributed by atoms with Crippen LogP contribution in [-0.2, 0) is 0 Å². The summed E-state index contributed by atoms with van der Waals surface area (Å²) in [6.07, 6.45) is 1.78. The van der Waals surface area contributed by atoms with E-state index in [1.165, 1.54) is 5.56 Å². The molecule has 0 bridgehead atoms. The molecule has 0 aliphatic rings. The highest BCUT2D eigenvalue weighted by atomic mass is 15.0. The van der Waals surface area contributed by atoms with Crippen LogP contribution in [0, 0.1) is 6.92 Å². The number of fused-ring (bicyclic) bond motifs is 1. The molecule has 0 saturated heterocycles. The van der Waals surface area contributed by atoms with Crippen molar-refractivity contribution in [3.63, 3.8) is 0 Å². The number of hydrogen-bond acceptors (Lipinski definition) is 3. The number of nitrogens with zero attached hydrogens (tertiary/aromatic N) is 2. The Balaban J connectivity index is 2.56. The molecule has 2 aromatic heterocycles. The minimum absolute atomic E-state index is 0.226. The SMILES string of the molecule is CNC(C)c1nc2nccc(C)c2[nH]1. The Kier molecular flexibility index (Phi) is 2.21. The standard InChI is InChI=1S/C10H14N4/c1-6-4-5-12-10-8(6)13-9(14-10)7(2)11-3/h4-5,7,11H,1-3H3,(H,12,13,14). The second-order valence-electron chi connectivity index (χ2n) is 3.46. The van der Waals surface area contributed by atoms with Gasteiger partial charge in [-0.05, 0) is 32.5 Å². The van der Waals surface area contributed by atoms with Crippen LogP contribution in [0.3, 0.4) is 0 Å². The van der Waals surface area contributed by atoms with Gasteiger partial charge in [0.25, 0.3) is 0 Å². The highest BCUT2D eigenvalue weighted by Crippen LogP contribution is 2.16. The zero-order valence-electron chi connectivity index (χ0n) is 8.63. The minimum atomic E-state index is 0.226. The molecule has 1 unspecified atom stereocenters. The summed E-state index contributed by atoms with van der Waals surface area (Å²) in [5.74, 6) is 0.935. The predicted octanol–water partition coefficient (Wildman–Crippen LogP) is 1.55. The Morgan fingerprint density at radius 3 is 2.93 bits per heavy atom. The van der Waals surface area contributed by atoms with Crippen molar-refractivity contribution in [1.29, 1.82) is 0 Å². The smallest absolute Gasteiger partial charge is 0.178 e. The summed E-state index contributed by atoms with van der Waals surface area (Å²) < 4.78 is 0. The lowest BCUT2D eigenvalue weighted by atomic mass is 10.3. The Labute approximate surface area is 82.8 Å². The molecule has 2 rings (SSSR count). The molecule has 0 saturated carbocycles. The second kappa shape index (κ2) is 3.38. The van der Waals surface area contributed by atoms with Crippen LogP contribution in [0.5, 0.6) is 0 Å². The molecule has 0 fully saturated rings. The molecule has 4 heteroatoms. The molecule has 0 radical (unpaired) electrons. The Bertz CT molecular complexity index is 446.